The van der Waals surface area contributed by atoms with E-state index in [1.165, 1.54) is 9.87 Å². The summed E-state index contributed by atoms with van der Waals surface area (Å²) in [5.74, 6) is -0.0217. The summed E-state index contributed by atoms with van der Waals surface area (Å²) in [6.45, 7) is 0.788. The van der Waals surface area contributed by atoms with Crippen LogP contribution in [0.15, 0.2) is 60.7 Å². The molecule has 2 bridgehead atoms. The Hall–Kier alpha value is -2.26. The third-order valence-electron chi connectivity index (χ3n) is 8.11. The minimum atomic E-state index is -3.47. The number of amides is 1. The van der Waals surface area contributed by atoms with Crippen LogP contribution < -0.4 is 5.32 Å². The van der Waals surface area contributed by atoms with Gasteiger partial charge in [-0.3, -0.25) is 15.0 Å². The van der Waals surface area contributed by atoms with E-state index in [-0.39, 0.29) is 12.1 Å². The van der Waals surface area contributed by atoms with Gasteiger partial charge in [0, 0.05) is 32.2 Å². The number of benzene rings is 2. The SMILES string of the molecule is CN(C)S(=O)(=O)C1CCC(N(C(=O)c2ccccc2)C23CCCC(CC2)N3Cc2ccccc2)N1. The highest BCUT2D eigenvalue weighted by Crippen LogP contribution is 2.49. The average molecular weight is 497 g/mol. The lowest BCUT2D eigenvalue weighted by Crippen LogP contribution is -2.67. The first-order valence-electron chi connectivity index (χ1n) is 12.7. The fourth-order valence-corrected chi connectivity index (χ4v) is 7.66. The molecule has 3 heterocycles. The Morgan fingerprint density at radius 3 is 2.34 bits per heavy atom. The third kappa shape index (κ3) is 4.42. The molecule has 0 aliphatic carbocycles. The lowest BCUT2D eigenvalue weighted by molar-refractivity contribution is -0.0816. The van der Waals surface area contributed by atoms with E-state index >= 15 is 0 Å². The summed E-state index contributed by atoms with van der Waals surface area (Å²) >= 11 is 0. The summed E-state index contributed by atoms with van der Waals surface area (Å²) in [7, 11) is -0.332. The molecule has 5 rings (SSSR count). The molecule has 3 saturated heterocycles. The van der Waals surface area contributed by atoms with E-state index in [1.807, 2.05) is 41.3 Å². The van der Waals surface area contributed by atoms with Crippen molar-refractivity contribution in [3.63, 3.8) is 0 Å². The molecule has 0 radical (unpaired) electrons. The van der Waals surface area contributed by atoms with Gasteiger partial charge in [-0.2, -0.15) is 0 Å². The van der Waals surface area contributed by atoms with Crippen LogP contribution in [0.4, 0.5) is 0 Å². The maximum Gasteiger partial charge on any atom is 0.256 e. The number of carbonyl (C=O) groups is 1. The number of rotatable bonds is 7. The first-order chi connectivity index (χ1) is 16.8. The van der Waals surface area contributed by atoms with E-state index < -0.39 is 21.1 Å². The van der Waals surface area contributed by atoms with Gasteiger partial charge in [0.05, 0.1) is 11.8 Å². The van der Waals surface area contributed by atoms with Crippen LogP contribution in [-0.2, 0) is 16.6 Å². The Balaban J connectivity index is 1.54. The van der Waals surface area contributed by atoms with Crippen molar-refractivity contribution in [2.24, 2.45) is 0 Å². The van der Waals surface area contributed by atoms with Crippen LogP contribution in [-0.4, -0.2) is 65.8 Å². The Labute approximate surface area is 209 Å². The van der Waals surface area contributed by atoms with Crippen molar-refractivity contribution >= 4 is 15.9 Å². The maximum absolute atomic E-state index is 14.2. The van der Waals surface area contributed by atoms with E-state index in [2.05, 4.69) is 34.5 Å². The molecule has 2 aromatic rings. The van der Waals surface area contributed by atoms with Crippen molar-refractivity contribution in [2.75, 3.05) is 14.1 Å². The van der Waals surface area contributed by atoms with E-state index in [1.54, 1.807) is 14.1 Å². The summed E-state index contributed by atoms with van der Waals surface area (Å²) in [6, 6.07) is 20.3. The van der Waals surface area contributed by atoms with Gasteiger partial charge in [0.1, 0.15) is 5.37 Å². The highest BCUT2D eigenvalue weighted by molar-refractivity contribution is 7.89. The van der Waals surface area contributed by atoms with E-state index in [0.717, 1.165) is 38.6 Å². The lowest BCUT2D eigenvalue weighted by Gasteiger charge is -2.53. The predicted octanol–water partition coefficient (Wildman–Crippen LogP) is 3.60. The fraction of sp³-hybridized carbons (Fsp3) is 0.519. The van der Waals surface area contributed by atoms with Crippen molar-refractivity contribution in [2.45, 2.75) is 74.7 Å². The van der Waals surface area contributed by atoms with Gasteiger partial charge in [0.2, 0.25) is 10.0 Å². The molecule has 2 aromatic carbocycles. The van der Waals surface area contributed by atoms with Crippen LogP contribution in [0.3, 0.4) is 0 Å². The van der Waals surface area contributed by atoms with Gasteiger partial charge in [0.15, 0.2) is 0 Å². The van der Waals surface area contributed by atoms with Crippen LogP contribution in [0.2, 0.25) is 0 Å². The highest BCUT2D eigenvalue weighted by Gasteiger charge is 2.56. The van der Waals surface area contributed by atoms with Gasteiger partial charge in [-0.1, -0.05) is 48.5 Å². The van der Waals surface area contributed by atoms with E-state index in [9.17, 15) is 13.2 Å². The molecular weight excluding hydrogens is 460 g/mol. The Morgan fingerprint density at radius 1 is 0.971 bits per heavy atom. The smallest absolute Gasteiger partial charge is 0.256 e. The number of sulfonamides is 1. The second-order valence-electron chi connectivity index (χ2n) is 10.3. The molecule has 8 heteroatoms. The molecule has 7 nitrogen and oxygen atoms in total. The number of carbonyl (C=O) groups excluding carboxylic acids is 1. The topological polar surface area (TPSA) is 73.0 Å². The van der Waals surface area contributed by atoms with Gasteiger partial charge in [0.25, 0.3) is 5.91 Å². The number of hydrogen-bond acceptors (Lipinski definition) is 5. The molecule has 188 valence electrons. The number of nitrogens with zero attached hydrogens (tertiary/aromatic N) is 3. The van der Waals surface area contributed by atoms with Crippen LogP contribution in [0, 0.1) is 0 Å². The molecule has 4 unspecified atom stereocenters. The maximum atomic E-state index is 14.2. The van der Waals surface area contributed by atoms with Gasteiger partial charge in [-0.05, 0) is 62.6 Å². The van der Waals surface area contributed by atoms with Crippen molar-refractivity contribution in [1.29, 1.82) is 0 Å². The molecule has 3 aliphatic heterocycles. The van der Waals surface area contributed by atoms with Crippen molar-refractivity contribution in [1.82, 2.24) is 19.4 Å². The summed E-state index contributed by atoms with van der Waals surface area (Å²) in [4.78, 5) is 18.8. The van der Waals surface area contributed by atoms with Gasteiger partial charge in [-0.25, -0.2) is 12.7 Å². The quantitative estimate of drug-likeness (QED) is 0.634. The second-order valence-corrected chi connectivity index (χ2v) is 12.6. The molecule has 3 aliphatic rings. The molecule has 1 N–H and O–H groups in total. The zero-order valence-corrected chi connectivity index (χ0v) is 21.5. The number of fused-ring (bicyclic) bond motifs is 2. The molecule has 0 saturated carbocycles. The average Bonchev–Trinajstić information content (AvgIpc) is 3.41. The normalized spacial score (nSPS) is 28.9. The van der Waals surface area contributed by atoms with Gasteiger partial charge < -0.3 is 4.90 Å². The first-order valence-corrected chi connectivity index (χ1v) is 14.2. The largest absolute Gasteiger partial charge is 0.305 e. The Bertz CT molecular complexity index is 1140. The second kappa shape index (κ2) is 9.65. The molecule has 0 spiro atoms. The summed E-state index contributed by atoms with van der Waals surface area (Å²) in [6.07, 6.45) is 5.84. The molecule has 1 amide bonds. The fourth-order valence-electron chi connectivity index (χ4n) is 6.39. The molecular formula is C27H36N4O3S. The van der Waals surface area contributed by atoms with Crippen LogP contribution in [0.5, 0.6) is 0 Å². The van der Waals surface area contributed by atoms with E-state index in [4.69, 9.17) is 0 Å². The van der Waals surface area contributed by atoms with Crippen molar-refractivity contribution < 1.29 is 13.2 Å². The van der Waals surface area contributed by atoms with Gasteiger partial charge in [-0.15, -0.1) is 0 Å². The predicted molar refractivity (Wildman–Crippen MR) is 137 cm³/mol. The number of hydrogen-bond donors (Lipinski definition) is 1. The standard InChI is InChI=1S/C27H36N4O3S/c1-29(2)35(33,34)25-16-15-24(28-25)31(26(32)22-12-7-4-8-13-22)27-18-9-14-23(17-19-27)30(27)20-21-10-5-3-6-11-21/h3-8,10-13,23-25,28H,9,14-20H2,1-2H3. The monoisotopic (exact) mass is 496 g/mol. The number of piperidine rings is 1. The zero-order valence-electron chi connectivity index (χ0n) is 20.6. The zero-order chi connectivity index (χ0) is 24.6. The number of nitrogens with one attached hydrogen (secondary N) is 1. The molecule has 3 fully saturated rings. The summed E-state index contributed by atoms with van der Waals surface area (Å²) < 4.78 is 27.1. The van der Waals surface area contributed by atoms with Crippen molar-refractivity contribution in [3.05, 3.63) is 71.8 Å². The Morgan fingerprint density at radius 2 is 1.66 bits per heavy atom. The van der Waals surface area contributed by atoms with Gasteiger partial charge >= 0.3 is 0 Å². The summed E-state index contributed by atoms with van der Waals surface area (Å²) in [5, 5.41) is 2.68. The highest BCUT2D eigenvalue weighted by atomic mass is 32.2. The first kappa shape index (κ1) is 24.4. The summed E-state index contributed by atoms with van der Waals surface area (Å²) in [5.41, 5.74) is 1.46. The third-order valence-corrected chi connectivity index (χ3v) is 10.2. The van der Waals surface area contributed by atoms with Crippen LogP contribution in [0.25, 0.3) is 0 Å². The minimum absolute atomic E-state index is 0.0217. The molecule has 0 aromatic heterocycles. The lowest BCUT2D eigenvalue weighted by atomic mass is 9.92. The van der Waals surface area contributed by atoms with Crippen LogP contribution >= 0.6 is 0 Å². The molecule has 35 heavy (non-hydrogen) atoms. The van der Waals surface area contributed by atoms with Crippen molar-refractivity contribution in [3.8, 4) is 0 Å². The Kier molecular flexibility index (Phi) is 6.74. The van der Waals surface area contributed by atoms with E-state index in [0.29, 0.717) is 24.4 Å². The minimum Gasteiger partial charge on any atom is -0.305 e. The molecule has 4 atom stereocenters. The van der Waals surface area contributed by atoms with Crippen LogP contribution in [0.1, 0.15) is 60.9 Å².